The molecular weight excluding hydrogens is 256 g/mol. The summed E-state index contributed by atoms with van der Waals surface area (Å²) < 4.78 is 26.7. The van der Waals surface area contributed by atoms with Gasteiger partial charge in [0.2, 0.25) is 0 Å². The van der Waals surface area contributed by atoms with Crippen LogP contribution in [-0.2, 0) is 15.0 Å². The average molecular weight is 274 g/mol. The van der Waals surface area contributed by atoms with Gasteiger partial charge in [-0.05, 0) is 12.8 Å². The first-order valence-electron chi connectivity index (χ1n) is 5.89. The van der Waals surface area contributed by atoms with Crippen molar-refractivity contribution in [3.63, 3.8) is 0 Å². The molecule has 0 bridgehead atoms. The number of hydrogen-bond donors (Lipinski definition) is 1. The molecule has 0 amide bonds. The van der Waals surface area contributed by atoms with E-state index in [0.717, 1.165) is 30.0 Å². The quantitative estimate of drug-likeness (QED) is 0.723. The van der Waals surface area contributed by atoms with Gasteiger partial charge in [-0.1, -0.05) is 18.8 Å². The highest BCUT2D eigenvalue weighted by Gasteiger charge is 2.30. The molecule has 1 fully saturated rings. The second-order valence-electron chi connectivity index (χ2n) is 4.19. The van der Waals surface area contributed by atoms with Crippen LogP contribution < -0.4 is 0 Å². The van der Waals surface area contributed by atoms with Crippen molar-refractivity contribution >= 4 is 16.2 Å². The summed E-state index contributed by atoms with van der Waals surface area (Å²) in [6.07, 6.45) is 8.70. The topological polar surface area (TPSA) is 77.9 Å². The van der Waals surface area contributed by atoms with Gasteiger partial charge >= 0.3 is 5.97 Å². The van der Waals surface area contributed by atoms with Crippen molar-refractivity contribution in [2.24, 2.45) is 0 Å². The predicted octanol–water partition coefficient (Wildman–Crippen LogP) is 0.127. The van der Waals surface area contributed by atoms with Gasteiger partial charge in [0, 0.05) is 13.1 Å². The monoisotopic (exact) mass is 274 g/mol. The van der Waals surface area contributed by atoms with Crippen LogP contribution in [0.15, 0.2) is 0 Å². The number of terminal acetylenes is 1. The molecule has 1 rings (SSSR count). The molecule has 1 saturated heterocycles. The lowest BCUT2D eigenvalue weighted by atomic mass is 10.2. The van der Waals surface area contributed by atoms with E-state index in [1.165, 1.54) is 4.31 Å². The Labute approximate surface area is 108 Å². The average Bonchev–Trinajstić information content (AvgIpc) is 2.56. The van der Waals surface area contributed by atoms with Crippen LogP contribution in [0, 0.1) is 12.3 Å². The Kier molecular flexibility index (Phi) is 5.59. The van der Waals surface area contributed by atoms with Crippen molar-refractivity contribution in [2.75, 3.05) is 26.2 Å². The second-order valence-corrected chi connectivity index (χ2v) is 6.12. The minimum Gasteiger partial charge on any atom is -0.480 e. The van der Waals surface area contributed by atoms with Gasteiger partial charge in [-0.15, -0.1) is 6.42 Å². The van der Waals surface area contributed by atoms with E-state index in [1.54, 1.807) is 0 Å². The van der Waals surface area contributed by atoms with Gasteiger partial charge in [0.1, 0.15) is 6.54 Å². The van der Waals surface area contributed by atoms with Crippen LogP contribution in [0.1, 0.15) is 25.7 Å². The molecule has 1 N–H and O–H groups in total. The Balaban J connectivity index is 2.85. The number of rotatable bonds is 5. The first-order chi connectivity index (χ1) is 8.48. The number of carboxylic acids is 1. The number of nitrogens with zero attached hydrogens (tertiary/aromatic N) is 2. The first-order valence-corrected chi connectivity index (χ1v) is 7.28. The zero-order chi connectivity index (χ0) is 13.6. The molecule has 0 aromatic carbocycles. The lowest BCUT2D eigenvalue weighted by molar-refractivity contribution is -0.137. The van der Waals surface area contributed by atoms with Crippen LogP contribution in [0.3, 0.4) is 0 Å². The van der Waals surface area contributed by atoms with Crippen LogP contribution in [0.4, 0.5) is 0 Å². The zero-order valence-electron chi connectivity index (χ0n) is 10.2. The van der Waals surface area contributed by atoms with Gasteiger partial charge in [0.05, 0.1) is 6.54 Å². The van der Waals surface area contributed by atoms with Crippen molar-refractivity contribution in [1.82, 2.24) is 8.61 Å². The number of hydrogen-bond acceptors (Lipinski definition) is 3. The Morgan fingerprint density at radius 1 is 1.28 bits per heavy atom. The van der Waals surface area contributed by atoms with Crippen LogP contribution in [-0.4, -0.2) is 54.3 Å². The summed E-state index contributed by atoms with van der Waals surface area (Å²) in [5.74, 6) is 0.986. The normalized spacial score (nSPS) is 18.2. The number of carbonyl (C=O) groups is 1. The molecule has 0 saturated carbocycles. The molecule has 1 heterocycles. The summed E-state index contributed by atoms with van der Waals surface area (Å²) in [6.45, 7) is 0.0558. The third-order valence-electron chi connectivity index (χ3n) is 2.80. The minimum atomic E-state index is -3.76. The van der Waals surface area contributed by atoms with Gasteiger partial charge in [0.15, 0.2) is 0 Å². The Morgan fingerprint density at radius 2 is 1.83 bits per heavy atom. The van der Waals surface area contributed by atoms with E-state index in [0.29, 0.717) is 13.1 Å². The summed E-state index contributed by atoms with van der Waals surface area (Å²) in [5.41, 5.74) is 0. The fourth-order valence-electron chi connectivity index (χ4n) is 1.91. The largest absolute Gasteiger partial charge is 0.480 e. The lowest BCUT2D eigenvalue weighted by Gasteiger charge is -2.26. The highest BCUT2D eigenvalue weighted by molar-refractivity contribution is 7.86. The SMILES string of the molecule is C#CCN(CC(=O)O)S(=O)(=O)N1CCCCCC1. The molecule has 102 valence electrons. The maximum absolute atomic E-state index is 12.3. The third kappa shape index (κ3) is 3.98. The molecule has 0 atom stereocenters. The van der Waals surface area contributed by atoms with Crippen molar-refractivity contribution in [3.05, 3.63) is 0 Å². The Bertz CT molecular complexity index is 419. The standard InChI is InChI=1S/C11H18N2O4S/c1-2-7-13(10-11(14)15)18(16,17)12-8-5-3-4-6-9-12/h1H,3-10H2,(H,14,15). The molecule has 0 radical (unpaired) electrons. The first kappa shape index (κ1) is 15.0. The van der Waals surface area contributed by atoms with E-state index in [9.17, 15) is 13.2 Å². The van der Waals surface area contributed by atoms with Crippen molar-refractivity contribution in [1.29, 1.82) is 0 Å². The van der Waals surface area contributed by atoms with Crippen molar-refractivity contribution in [2.45, 2.75) is 25.7 Å². The Hall–Kier alpha value is -1.10. The van der Waals surface area contributed by atoms with Crippen LogP contribution >= 0.6 is 0 Å². The number of carboxylic acid groups (broad SMARTS) is 1. The van der Waals surface area contributed by atoms with E-state index in [2.05, 4.69) is 5.92 Å². The summed E-state index contributed by atoms with van der Waals surface area (Å²) in [5, 5.41) is 8.73. The van der Waals surface area contributed by atoms with Crippen molar-refractivity contribution in [3.8, 4) is 12.3 Å². The highest BCUT2D eigenvalue weighted by Crippen LogP contribution is 2.16. The molecule has 7 heteroatoms. The molecular formula is C11H18N2O4S. The van der Waals surface area contributed by atoms with E-state index >= 15 is 0 Å². The van der Waals surface area contributed by atoms with Gasteiger partial charge in [-0.3, -0.25) is 4.79 Å². The molecule has 0 aromatic rings. The highest BCUT2D eigenvalue weighted by atomic mass is 32.2. The molecule has 0 aromatic heterocycles. The number of aliphatic carboxylic acids is 1. The van der Waals surface area contributed by atoms with E-state index in [4.69, 9.17) is 11.5 Å². The summed E-state index contributed by atoms with van der Waals surface area (Å²) in [7, 11) is -3.76. The molecule has 18 heavy (non-hydrogen) atoms. The van der Waals surface area contributed by atoms with Gasteiger partial charge < -0.3 is 5.11 Å². The fourth-order valence-corrected chi connectivity index (χ4v) is 3.46. The predicted molar refractivity (Wildman–Crippen MR) is 67.0 cm³/mol. The molecule has 1 aliphatic rings. The smallest absolute Gasteiger partial charge is 0.318 e. The molecule has 0 unspecified atom stereocenters. The molecule has 0 spiro atoms. The summed E-state index contributed by atoms with van der Waals surface area (Å²) in [4.78, 5) is 10.7. The molecule has 1 aliphatic heterocycles. The van der Waals surface area contributed by atoms with E-state index < -0.39 is 22.7 Å². The van der Waals surface area contributed by atoms with Crippen LogP contribution in [0.5, 0.6) is 0 Å². The summed E-state index contributed by atoms with van der Waals surface area (Å²) in [6, 6.07) is 0. The van der Waals surface area contributed by atoms with Crippen LogP contribution in [0.2, 0.25) is 0 Å². The van der Waals surface area contributed by atoms with Crippen molar-refractivity contribution < 1.29 is 18.3 Å². The van der Waals surface area contributed by atoms with E-state index in [1.807, 2.05) is 0 Å². The van der Waals surface area contributed by atoms with Gasteiger partial charge in [-0.2, -0.15) is 17.0 Å². The Morgan fingerprint density at radius 3 is 2.28 bits per heavy atom. The zero-order valence-corrected chi connectivity index (χ0v) is 11.0. The second kappa shape index (κ2) is 6.73. The fraction of sp³-hybridized carbons (Fsp3) is 0.727. The van der Waals surface area contributed by atoms with Crippen LogP contribution in [0.25, 0.3) is 0 Å². The summed E-state index contributed by atoms with van der Waals surface area (Å²) >= 11 is 0. The third-order valence-corrected chi connectivity index (χ3v) is 4.73. The molecule has 6 nitrogen and oxygen atoms in total. The van der Waals surface area contributed by atoms with E-state index in [-0.39, 0.29) is 6.54 Å². The maximum Gasteiger partial charge on any atom is 0.318 e. The molecule has 0 aliphatic carbocycles. The minimum absolute atomic E-state index is 0.217. The van der Waals surface area contributed by atoms with Gasteiger partial charge in [-0.25, -0.2) is 0 Å². The van der Waals surface area contributed by atoms with Gasteiger partial charge in [0.25, 0.3) is 10.2 Å². The lowest BCUT2D eigenvalue weighted by Crippen LogP contribution is -2.46. The maximum atomic E-state index is 12.3.